The Morgan fingerprint density at radius 3 is 2.67 bits per heavy atom. The van der Waals surface area contributed by atoms with Gasteiger partial charge in [0.2, 0.25) is 5.36 Å². The van der Waals surface area contributed by atoms with Gasteiger partial charge in [0.15, 0.2) is 5.69 Å². The molecule has 0 saturated heterocycles. The van der Waals surface area contributed by atoms with E-state index in [0.717, 1.165) is 27.0 Å². The van der Waals surface area contributed by atoms with Crippen LogP contribution in [0.2, 0.25) is 0 Å². The van der Waals surface area contributed by atoms with Crippen molar-refractivity contribution >= 4 is 21.6 Å². The second kappa shape index (κ2) is 4.67. The van der Waals surface area contributed by atoms with E-state index in [1.807, 2.05) is 25.1 Å². The van der Waals surface area contributed by atoms with Crippen LogP contribution in [-0.4, -0.2) is 4.98 Å². The lowest BCUT2D eigenvalue weighted by Gasteiger charge is -2.07. The summed E-state index contributed by atoms with van der Waals surface area (Å²) in [6.07, 6.45) is 0. The van der Waals surface area contributed by atoms with Crippen molar-refractivity contribution in [2.24, 2.45) is 0 Å². The molecular weight excluding hydrogens is 264 g/mol. The lowest BCUT2D eigenvalue weighted by atomic mass is 10.1. The Balaban J connectivity index is 0.00000120. The van der Waals surface area contributed by atoms with E-state index >= 15 is 0 Å². The van der Waals surface area contributed by atoms with Gasteiger partial charge in [-0.3, -0.25) is 5.41 Å². The average molecular weight is 277 g/mol. The molecule has 0 atom stereocenters. The maximum atomic E-state index is 6.15. The zero-order chi connectivity index (χ0) is 12.0. The topological polar surface area (TPSA) is 38.5 Å². The van der Waals surface area contributed by atoms with Crippen LogP contribution in [0.1, 0.15) is 11.1 Å². The number of nitrogens with zero attached hydrogens (tertiary/aromatic N) is 1. The maximum absolute atomic E-state index is 6.15. The van der Waals surface area contributed by atoms with E-state index in [9.17, 15) is 0 Å². The van der Waals surface area contributed by atoms with Gasteiger partial charge in [0.25, 0.3) is 0 Å². The molecule has 18 heavy (non-hydrogen) atoms. The van der Waals surface area contributed by atoms with Crippen molar-refractivity contribution in [1.29, 1.82) is 0 Å². The third-order valence-electron chi connectivity index (χ3n) is 3.15. The van der Waals surface area contributed by atoms with Crippen LogP contribution in [0.5, 0.6) is 0 Å². The fourth-order valence-corrected chi connectivity index (χ4v) is 3.05. The highest BCUT2D eigenvalue weighted by Crippen LogP contribution is 2.29. The number of benzene rings is 2. The minimum absolute atomic E-state index is 0. The summed E-state index contributed by atoms with van der Waals surface area (Å²) < 4.78 is 1.20. The number of aromatic nitrogens is 1. The number of hydrogen-bond donors (Lipinski definition) is 1. The summed E-state index contributed by atoms with van der Waals surface area (Å²) in [6.45, 7) is 4.14. The lowest BCUT2D eigenvalue weighted by Crippen LogP contribution is -3.00. The summed E-state index contributed by atoms with van der Waals surface area (Å²) >= 11 is 1.75. The summed E-state index contributed by atoms with van der Waals surface area (Å²) in [6, 6.07) is 10.3. The second-order valence-corrected chi connectivity index (χ2v) is 5.34. The molecule has 0 unspecified atom stereocenters. The minimum atomic E-state index is 0. The maximum Gasteiger partial charge on any atom is 0.227 e. The van der Waals surface area contributed by atoms with Crippen molar-refractivity contribution in [3.63, 3.8) is 0 Å². The van der Waals surface area contributed by atoms with Gasteiger partial charge in [0.05, 0.1) is 15.1 Å². The van der Waals surface area contributed by atoms with Crippen LogP contribution in [0.4, 0.5) is 0 Å². The van der Waals surface area contributed by atoms with Crippen molar-refractivity contribution in [1.82, 2.24) is 4.98 Å². The molecule has 0 bridgehead atoms. The van der Waals surface area contributed by atoms with E-state index < -0.39 is 0 Å². The number of hydrogen-bond acceptors (Lipinski definition) is 2. The van der Waals surface area contributed by atoms with Crippen LogP contribution in [0.25, 0.3) is 20.8 Å². The van der Waals surface area contributed by atoms with Crippen molar-refractivity contribution in [3.05, 3.63) is 46.8 Å². The third-order valence-corrected chi connectivity index (χ3v) is 4.25. The van der Waals surface area contributed by atoms with Gasteiger partial charge >= 0.3 is 0 Å². The van der Waals surface area contributed by atoms with Gasteiger partial charge in [-0.15, -0.1) is 11.3 Å². The summed E-state index contributed by atoms with van der Waals surface area (Å²) in [4.78, 5) is 5.82. The van der Waals surface area contributed by atoms with Gasteiger partial charge in [-0.2, -0.15) is 0 Å². The highest BCUT2D eigenvalue weighted by Gasteiger charge is 2.15. The van der Waals surface area contributed by atoms with E-state index in [2.05, 4.69) is 24.0 Å². The van der Waals surface area contributed by atoms with Crippen LogP contribution >= 0.6 is 11.3 Å². The van der Waals surface area contributed by atoms with Crippen molar-refractivity contribution in [2.45, 2.75) is 13.8 Å². The minimum Gasteiger partial charge on any atom is -1.00 e. The molecule has 3 rings (SSSR count). The normalized spacial score (nSPS) is 10.6. The van der Waals surface area contributed by atoms with E-state index in [4.69, 9.17) is 5.41 Å². The first-order valence-electron chi connectivity index (χ1n) is 5.55. The molecule has 2 N–H and O–H groups in total. The van der Waals surface area contributed by atoms with Crippen LogP contribution in [0, 0.1) is 13.8 Å². The zero-order valence-electron chi connectivity index (χ0n) is 10.2. The van der Waals surface area contributed by atoms with Gasteiger partial charge in [-0.1, -0.05) is 12.1 Å². The van der Waals surface area contributed by atoms with Crippen LogP contribution < -0.4 is 23.2 Å². The Hall–Kier alpha value is -1.45. The Kier molecular flexibility index (Phi) is 3.37. The molecule has 1 aliphatic heterocycles. The van der Waals surface area contributed by atoms with E-state index in [1.54, 1.807) is 11.3 Å². The number of aryl methyl sites for hydroxylation is 1. The Morgan fingerprint density at radius 1 is 1.17 bits per heavy atom. The summed E-state index contributed by atoms with van der Waals surface area (Å²) in [5.74, 6) is 0. The monoisotopic (exact) mass is 276 g/mol. The summed E-state index contributed by atoms with van der Waals surface area (Å²) in [5, 5.41) is 6.96. The molecule has 0 saturated carbocycles. The van der Waals surface area contributed by atoms with Crippen molar-refractivity contribution < 1.29 is 17.8 Å². The Bertz CT molecular complexity index is 749. The largest absolute Gasteiger partial charge is 1.00 e. The van der Waals surface area contributed by atoms with E-state index in [0.29, 0.717) is 0 Å². The molecule has 0 aromatic heterocycles. The molecule has 0 fully saturated rings. The molecule has 1 aliphatic carbocycles. The predicted octanol–water partition coefficient (Wildman–Crippen LogP) is -1.32. The SMILES string of the molecule is Cc1cc2sc3ccccc3nc-2c(=[NH2+])c1C.[Cl-]. The molecule has 0 radical (unpaired) electrons. The predicted molar refractivity (Wildman–Crippen MR) is 70.8 cm³/mol. The number of halogens is 1. The van der Waals surface area contributed by atoms with Gasteiger partial charge in [0, 0.05) is 5.56 Å². The smallest absolute Gasteiger partial charge is 0.227 e. The van der Waals surface area contributed by atoms with Crippen molar-refractivity contribution in [3.8, 4) is 10.6 Å². The summed E-state index contributed by atoms with van der Waals surface area (Å²) in [5.41, 5.74) is 4.30. The molecule has 1 heterocycles. The highest BCUT2D eigenvalue weighted by molar-refractivity contribution is 7.21. The van der Waals surface area contributed by atoms with Crippen LogP contribution in [0.15, 0.2) is 30.3 Å². The first-order valence-corrected chi connectivity index (χ1v) is 6.37. The molecule has 1 aromatic rings. The highest BCUT2D eigenvalue weighted by atomic mass is 35.5. The van der Waals surface area contributed by atoms with Gasteiger partial charge < -0.3 is 12.4 Å². The molecular formula is C14H13ClN2S. The molecule has 1 aromatic carbocycles. The zero-order valence-corrected chi connectivity index (χ0v) is 11.8. The van der Waals surface area contributed by atoms with Gasteiger partial charge in [-0.05, 0) is 37.6 Å². The lowest BCUT2D eigenvalue weighted by molar-refractivity contribution is -0.172. The fraction of sp³-hybridized carbons (Fsp3) is 0.143. The number of rotatable bonds is 0. The molecule has 0 spiro atoms. The standard InChI is InChI=1S/C14H12N2S.ClH/c1-8-7-12-14(13(15)9(8)2)16-10-5-3-4-6-11(10)17-12;/h3-7,15H,1-2H3;1H. The van der Waals surface area contributed by atoms with E-state index in [-0.39, 0.29) is 12.4 Å². The quantitative estimate of drug-likeness (QED) is 0.509. The molecule has 2 nitrogen and oxygen atoms in total. The van der Waals surface area contributed by atoms with E-state index in [1.165, 1.54) is 10.3 Å². The van der Waals surface area contributed by atoms with Gasteiger partial charge in [-0.25, -0.2) is 4.98 Å². The fourth-order valence-electron chi connectivity index (χ4n) is 1.96. The summed E-state index contributed by atoms with van der Waals surface area (Å²) in [7, 11) is 0. The molecule has 4 heteroatoms. The van der Waals surface area contributed by atoms with Gasteiger partial charge in [0.1, 0.15) is 0 Å². The average Bonchev–Trinajstić information content (AvgIpc) is 2.34. The Morgan fingerprint density at radius 2 is 1.89 bits per heavy atom. The second-order valence-electron chi connectivity index (χ2n) is 4.26. The van der Waals surface area contributed by atoms with Crippen LogP contribution in [-0.2, 0) is 0 Å². The van der Waals surface area contributed by atoms with Crippen molar-refractivity contribution in [2.75, 3.05) is 0 Å². The molecule has 2 aliphatic rings. The first kappa shape index (κ1) is 13.0. The van der Waals surface area contributed by atoms with Crippen LogP contribution in [0.3, 0.4) is 0 Å². The Labute approximate surface area is 116 Å². The number of para-hydroxylation sites is 1. The molecule has 0 amide bonds. The number of nitrogens with two attached hydrogens (primary N) is 1. The molecule has 92 valence electrons. The third kappa shape index (κ3) is 1.89. The first-order chi connectivity index (χ1) is 8.16. The number of fused-ring (bicyclic) bond motifs is 2.